The van der Waals surface area contributed by atoms with Crippen molar-refractivity contribution in [2.24, 2.45) is 5.73 Å². The zero-order chi connectivity index (χ0) is 26.8. The molecule has 0 unspecified atom stereocenters. The number of esters is 1. The molecule has 1 spiro atoms. The van der Waals surface area contributed by atoms with Crippen LogP contribution in [-0.4, -0.2) is 18.5 Å². The number of anilines is 2. The first-order valence-electron chi connectivity index (χ1n) is 12.1. The number of fused-ring (bicyclic) bond motifs is 3. The van der Waals surface area contributed by atoms with Gasteiger partial charge >= 0.3 is 5.97 Å². The fraction of sp³-hybridized carbons (Fsp3) is 0.167. The van der Waals surface area contributed by atoms with E-state index in [0.717, 1.165) is 11.1 Å². The molecule has 0 aromatic heterocycles. The van der Waals surface area contributed by atoms with Gasteiger partial charge in [0.2, 0.25) is 5.91 Å². The Kier molecular flexibility index (Phi) is 5.14. The molecule has 0 saturated carbocycles. The normalized spacial score (nSPS) is 20.2. The average molecular weight is 507 g/mol. The lowest BCUT2D eigenvalue weighted by atomic mass is 9.67. The number of nitriles is 1. The van der Waals surface area contributed by atoms with Gasteiger partial charge in [-0.15, -0.1) is 0 Å². The van der Waals surface area contributed by atoms with Crippen LogP contribution in [0, 0.1) is 31.0 Å². The molecule has 0 fully saturated rings. The summed E-state index contributed by atoms with van der Waals surface area (Å²) in [6.45, 7) is 3.84. The number of nitrogens with two attached hydrogens (primary N) is 1. The third kappa shape index (κ3) is 3.12. The molecular weight excluding hydrogens is 483 g/mol. The Balaban J connectivity index is 1.62. The molecule has 0 bridgehead atoms. The van der Waals surface area contributed by atoms with Gasteiger partial charge in [0, 0.05) is 16.9 Å². The van der Waals surface area contributed by atoms with Crippen LogP contribution in [0.15, 0.2) is 89.4 Å². The maximum atomic E-state index is 14.5. The van der Waals surface area contributed by atoms with Gasteiger partial charge in [0.25, 0.3) is 0 Å². The topological polar surface area (TPSA) is 99.7 Å². The highest BCUT2D eigenvalue weighted by molar-refractivity contribution is 6.19. The molecule has 0 aliphatic carbocycles. The van der Waals surface area contributed by atoms with E-state index in [0.29, 0.717) is 28.2 Å². The van der Waals surface area contributed by atoms with E-state index in [1.807, 2.05) is 32.0 Å². The van der Waals surface area contributed by atoms with Gasteiger partial charge in [-0.1, -0.05) is 36.4 Å². The van der Waals surface area contributed by atoms with Crippen LogP contribution in [0.3, 0.4) is 0 Å². The van der Waals surface area contributed by atoms with Gasteiger partial charge in [-0.3, -0.25) is 9.69 Å². The second-order valence-corrected chi connectivity index (χ2v) is 9.74. The van der Waals surface area contributed by atoms with E-state index < -0.39 is 23.1 Å². The summed E-state index contributed by atoms with van der Waals surface area (Å²) in [5, 5.41) is 10.5. The maximum absolute atomic E-state index is 14.5. The lowest BCUT2D eigenvalue weighted by molar-refractivity contribution is -0.137. The molecule has 3 aliphatic heterocycles. The fourth-order valence-corrected chi connectivity index (χ4v) is 5.94. The predicted octanol–water partition coefficient (Wildman–Crippen LogP) is 4.25. The summed E-state index contributed by atoms with van der Waals surface area (Å²) in [4.78, 5) is 31.1. The predicted molar refractivity (Wildman–Crippen MR) is 139 cm³/mol. The summed E-state index contributed by atoms with van der Waals surface area (Å²) in [5.74, 6) is -1.55. The minimum Gasteiger partial charge on any atom is -0.456 e. The molecule has 2 N–H and O–H groups in total. The van der Waals surface area contributed by atoms with E-state index in [4.69, 9.17) is 10.5 Å². The number of hydrogen-bond donors (Lipinski definition) is 1. The number of cyclic esters (lactones) is 1. The number of carbonyl (C=O) groups excluding carboxylic acids is 2. The van der Waals surface area contributed by atoms with Crippen LogP contribution >= 0.6 is 0 Å². The number of benzene rings is 3. The van der Waals surface area contributed by atoms with E-state index in [1.54, 1.807) is 41.3 Å². The van der Waals surface area contributed by atoms with Crippen molar-refractivity contribution >= 4 is 23.3 Å². The molecule has 0 saturated heterocycles. The quantitative estimate of drug-likeness (QED) is 0.533. The fourth-order valence-electron chi connectivity index (χ4n) is 5.94. The van der Waals surface area contributed by atoms with Crippen LogP contribution in [0.5, 0.6) is 0 Å². The van der Waals surface area contributed by atoms with E-state index >= 15 is 0 Å². The molecule has 3 aromatic rings. The SMILES string of the molecule is Cc1cc(C)cc(N2C(N)=C(C#N)[C@]3(C(=O)N(Cc4cccc(F)c4)c4ccccc43)C3=C2COC3=O)c1. The third-order valence-corrected chi connectivity index (χ3v) is 7.32. The first-order chi connectivity index (χ1) is 18.3. The molecule has 1 amide bonds. The summed E-state index contributed by atoms with van der Waals surface area (Å²) in [5.41, 5.74) is 9.58. The lowest BCUT2D eigenvalue weighted by Crippen LogP contribution is -2.50. The first kappa shape index (κ1) is 23.5. The molecule has 3 aromatic carbocycles. The summed E-state index contributed by atoms with van der Waals surface area (Å²) in [6, 6.07) is 21.0. The number of amides is 1. The summed E-state index contributed by atoms with van der Waals surface area (Å²) in [6.07, 6.45) is 0. The van der Waals surface area contributed by atoms with Gasteiger partial charge in [0.1, 0.15) is 29.7 Å². The highest BCUT2D eigenvalue weighted by Gasteiger charge is 2.63. The molecular formula is C30H23FN4O3. The largest absolute Gasteiger partial charge is 0.456 e. The van der Waals surface area contributed by atoms with Gasteiger partial charge < -0.3 is 15.4 Å². The molecule has 188 valence electrons. The van der Waals surface area contributed by atoms with E-state index in [2.05, 4.69) is 6.07 Å². The third-order valence-electron chi connectivity index (χ3n) is 7.32. The Hall–Kier alpha value is -4.90. The van der Waals surface area contributed by atoms with Gasteiger partial charge in [-0.05, 0) is 60.9 Å². The number of hydrogen-bond acceptors (Lipinski definition) is 6. The second kappa shape index (κ2) is 8.32. The second-order valence-electron chi connectivity index (χ2n) is 9.74. The van der Waals surface area contributed by atoms with Crippen molar-refractivity contribution < 1.29 is 18.7 Å². The number of ether oxygens (including phenoxy) is 1. The molecule has 3 heterocycles. The minimum atomic E-state index is -1.78. The van der Waals surface area contributed by atoms with E-state index in [9.17, 15) is 19.2 Å². The Morgan fingerprint density at radius 3 is 2.50 bits per heavy atom. The first-order valence-corrected chi connectivity index (χ1v) is 12.1. The van der Waals surface area contributed by atoms with E-state index in [-0.39, 0.29) is 30.1 Å². The Bertz CT molecular complexity index is 1650. The van der Waals surface area contributed by atoms with Crippen LogP contribution in [0.2, 0.25) is 0 Å². The van der Waals surface area contributed by atoms with Crippen molar-refractivity contribution in [3.63, 3.8) is 0 Å². The van der Waals surface area contributed by atoms with Crippen molar-refractivity contribution in [3.05, 3.63) is 117 Å². The maximum Gasteiger partial charge on any atom is 0.338 e. The number of carbonyl (C=O) groups is 2. The van der Waals surface area contributed by atoms with Crippen molar-refractivity contribution in [3.8, 4) is 6.07 Å². The summed E-state index contributed by atoms with van der Waals surface area (Å²) in [7, 11) is 0. The average Bonchev–Trinajstić information content (AvgIpc) is 3.36. The Morgan fingerprint density at radius 1 is 1.05 bits per heavy atom. The molecule has 1 atom stereocenters. The van der Waals surface area contributed by atoms with Crippen molar-refractivity contribution in [2.75, 3.05) is 16.4 Å². The molecule has 38 heavy (non-hydrogen) atoms. The standard InChI is InChI=1S/C30H23FN4O3/c1-17-10-18(2)12-21(11-17)35-25-16-38-28(36)26(25)30(23(14-32)27(35)33)22-8-3-4-9-24(22)34(29(30)37)15-19-6-5-7-20(31)13-19/h3-13H,15-16,33H2,1-2H3/t30-/m0/s1. The van der Waals surface area contributed by atoms with Crippen molar-refractivity contribution in [2.45, 2.75) is 25.8 Å². The van der Waals surface area contributed by atoms with Gasteiger partial charge in [-0.2, -0.15) is 5.26 Å². The van der Waals surface area contributed by atoms with Gasteiger partial charge in [-0.25, -0.2) is 9.18 Å². The number of para-hydroxylation sites is 1. The molecule has 3 aliphatic rings. The van der Waals surface area contributed by atoms with Crippen LogP contribution in [0.25, 0.3) is 0 Å². The van der Waals surface area contributed by atoms with Crippen LogP contribution in [0.4, 0.5) is 15.8 Å². The van der Waals surface area contributed by atoms with Gasteiger partial charge in [0.05, 0.1) is 23.4 Å². The monoisotopic (exact) mass is 506 g/mol. The molecule has 0 radical (unpaired) electrons. The zero-order valence-electron chi connectivity index (χ0n) is 20.8. The number of nitrogens with zero attached hydrogens (tertiary/aromatic N) is 3. The summed E-state index contributed by atoms with van der Waals surface area (Å²) >= 11 is 0. The highest BCUT2D eigenvalue weighted by Crippen LogP contribution is 2.56. The Morgan fingerprint density at radius 2 is 1.79 bits per heavy atom. The van der Waals surface area contributed by atoms with Gasteiger partial charge in [0.15, 0.2) is 0 Å². The number of halogens is 1. The van der Waals surface area contributed by atoms with Crippen molar-refractivity contribution in [1.82, 2.24) is 0 Å². The van der Waals surface area contributed by atoms with Crippen LogP contribution in [-0.2, 0) is 26.3 Å². The summed E-state index contributed by atoms with van der Waals surface area (Å²) < 4.78 is 19.5. The molecule has 8 heteroatoms. The lowest BCUT2D eigenvalue weighted by Gasteiger charge is -2.38. The smallest absolute Gasteiger partial charge is 0.338 e. The number of aryl methyl sites for hydroxylation is 2. The number of rotatable bonds is 3. The van der Waals surface area contributed by atoms with Crippen LogP contribution < -0.4 is 15.5 Å². The molecule has 7 nitrogen and oxygen atoms in total. The highest BCUT2D eigenvalue weighted by atomic mass is 19.1. The van der Waals surface area contributed by atoms with Crippen LogP contribution in [0.1, 0.15) is 22.3 Å². The van der Waals surface area contributed by atoms with E-state index in [1.165, 1.54) is 17.0 Å². The zero-order valence-corrected chi connectivity index (χ0v) is 20.8. The molecule has 6 rings (SSSR count). The van der Waals surface area contributed by atoms with Crippen molar-refractivity contribution in [1.29, 1.82) is 5.26 Å². The Labute approximate surface area is 218 Å². The minimum absolute atomic E-state index is 0.0477.